The summed E-state index contributed by atoms with van der Waals surface area (Å²) in [6, 6.07) is 14.6. The molecule has 33 heavy (non-hydrogen) atoms. The molecule has 2 aromatic carbocycles. The van der Waals surface area contributed by atoms with Gasteiger partial charge in [0.1, 0.15) is 0 Å². The number of halogens is 1. The summed E-state index contributed by atoms with van der Waals surface area (Å²) in [5, 5.41) is 0. The molecule has 0 aliphatic heterocycles. The predicted molar refractivity (Wildman–Crippen MR) is 137 cm³/mol. The van der Waals surface area contributed by atoms with Gasteiger partial charge >= 0.3 is 11.9 Å². The van der Waals surface area contributed by atoms with Crippen LogP contribution in [0.1, 0.15) is 97.4 Å². The second-order valence-corrected chi connectivity index (χ2v) is 9.29. The third-order valence-electron chi connectivity index (χ3n) is 5.61. The van der Waals surface area contributed by atoms with Crippen molar-refractivity contribution in [3.8, 4) is 0 Å². The number of carbonyl (C=O) groups is 2. The monoisotopic (exact) mass is 516 g/mol. The highest BCUT2D eigenvalue weighted by Crippen LogP contribution is 2.15. The summed E-state index contributed by atoms with van der Waals surface area (Å²) in [5.74, 6) is -0.970. The first-order valence-corrected chi connectivity index (χ1v) is 13.1. The van der Waals surface area contributed by atoms with Gasteiger partial charge in [0.05, 0.1) is 24.3 Å². The summed E-state index contributed by atoms with van der Waals surface area (Å²) in [6.07, 6.45) is 12.9. The van der Waals surface area contributed by atoms with Crippen LogP contribution in [0.15, 0.2) is 53.0 Å². The summed E-state index contributed by atoms with van der Waals surface area (Å²) >= 11 is 3.44. The van der Waals surface area contributed by atoms with Crippen molar-refractivity contribution < 1.29 is 19.1 Å². The Kier molecular flexibility index (Phi) is 13.5. The Hall–Kier alpha value is -2.14. The second-order valence-electron chi connectivity index (χ2n) is 8.38. The predicted octanol–water partition coefficient (Wildman–Crippen LogP) is 7.93. The van der Waals surface area contributed by atoms with E-state index < -0.39 is 11.9 Å². The van der Waals surface area contributed by atoms with E-state index >= 15 is 0 Å². The van der Waals surface area contributed by atoms with Crippen LogP contribution in [-0.4, -0.2) is 25.2 Å². The van der Waals surface area contributed by atoms with Crippen molar-refractivity contribution in [3.63, 3.8) is 0 Å². The molecule has 2 rings (SSSR count). The van der Waals surface area contributed by atoms with Crippen LogP contribution in [0.4, 0.5) is 0 Å². The molecule has 0 saturated carbocycles. The van der Waals surface area contributed by atoms with Gasteiger partial charge in [-0.1, -0.05) is 105 Å². The molecule has 0 amide bonds. The van der Waals surface area contributed by atoms with E-state index in [1.807, 2.05) is 24.3 Å². The minimum absolute atomic E-state index is 0.247. The molecule has 0 bridgehead atoms. The molecule has 0 N–H and O–H groups in total. The van der Waals surface area contributed by atoms with Crippen molar-refractivity contribution in [2.24, 2.45) is 0 Å². The van der Waals surface area contributed by atoms with E-state index in [4.69, 9.17) is 9.47 Å². The Bertz CT molecular complexity index is 849. The number of rotatable bonds is 16. The van der Waals surface area contributed by atoms with E-state index in [9.17, 15) is 9.59 Å². The lowest BCUT2D eigenvalue weighted by atomic mass is 10.1. The van der Waals surface area contributed by atoms with Gasteiger partial charge in [-0.25, -0.2) is 9.59 Å². The lowest BCUT2D eigenvalue weighted by Crippen LogP contribution is -2.15. The SMILES string of the molecule is CCCCCCCCCCCCOC(=O)c1ccccc1C(=O)OCCc1cccc(Br)c1. The number of benzene rings is 2. The summed E-state index contributed by atoms with van der Waals surface area (Å²) in [5.41, 5.74) is 1.58. The Morgan fingerprint density at radius 2 is 1.24 bits per heavy atom. The van der Waals surface area contributed by atoms with E-state index in [0.717, 1.165) is 22.9 Å². The number of ether oxygens (including phenoxy) is 2. The number of hydrogen-bond donors (Lipinski definition) is 0. The molecule has 0 aliphatic rings. The maximum Gasteiger partial charge on any atom is 0.339 e. The maximum absolute atomic E-state index is 12.5. The summed E-state index contributed by atoms with van der Waals surface area (Å²) in [4.78, 5) is 25.1. The fourth-order valence-electron chi connectivity index (χ4n) is 3.70. The minimum Gasteiger partial charge on any atom is -0.462 e. The van der Waals surface area contributed by atoms with Gasteiger partial charge < -0.3 is 9.47 Å². The lowest BCUT2D eigenvalue weighted by Gasteiger charge is -2.10. The van der Waals surface area contributed by atoms with Crippen LogP contribution in [0.25, 0.3) is 0 Å². The van der Waals surface area contributed by atoms with Gasteiger partial charge in [-0.2, -0.15) is 0 Å². The Morgan fingerprint density at radius 3 is 1.82 bits per heavy atom. The highest BCUT2D eigenvalue weighted by atomic mass is 79.9. The number of carbonyl (C=O) groups excluding carboxylic acids is 2. The van der Waals surface area contributed by atoms with Crippen LogP contribution in [0.2, 0.25) is 0 Å². The van der Waals surface area contributed by atoms with Crippen LogP contribution >= 0.6 is 15.9 Å². The normalized spacial score (nSPS) is 10.7. The summed E-state index contributed by atoms with van der Waals surface area (Å²) in [7, 11) is 0. The topological polar surface area (TPSA) is 52.6 Å². The van der Waals surface area contributed by atoms with E-state index in [-0.39, 0.29) is 17.7 Å². The highest BCUT2D eigenvalue weighted by molar-refractivity contribution is 9.10. The van der Waals surface area contributed by atoms with Crippen molar-refractivity contribution in [1.82, 2.24) is 0 Å². The van der Waals surface area contributed by atoms with Crippen LogP contribution < -0.4 is 0 Å². The first kappa shape index (κ1) is 27.1. The maximum atomic E-state index is 12.5. The molecule has 0 aliphatic carbocycles. The molecular weight excluding hydrogens is 480 g/mol. The van der Waals surface area contributed by atoms with Gasteiger partial charge in [-0.3, -0.25) is 0 Å². The van der Waals surface area contributed by atoms with Crippen molar-refractivity contribution in [1.29, 1.82) is 0 Å². The fourth-order valence-corrected chi connectivity index (χ4v) is 4.15. The number of hydrogen-bond acceptors (Lipinski definition) is 4. The van der Waals surface area contributed by atoms with Gasteiger partial charge in [0.15, 0.2) is 0 Å². The minimum atomic E-state index is -0.503. The molecule has 0 atom stereocenters. The van der Waals surface area contributed by atoms with Gasteiger partial charge in [0, 0.05) is 10.9 Å². The van der Waals surface area contributed by atoms with Gasteiger partial charge in [0.2, 0.25) is 0 Å². The molecule has 4 nitrogen and oxygen atoms in total. The smallest absolute Gasteiger partial charge is 0.339 e. The first-order valence-electron chi connectivity index (χ1n) is 12.3. The molecule has 2 aromatic rings. The standard InChI is InChI=1S/C28H37BrO4/c1-2-3-4-5-6-7-8-9-10-13-20-32-27(30)25-17-11-12-18-26(25)28(31)33-21-19-23-15-14-16-24(29)22-23/h11-12,14-18,22H,2-10,13,19-21H2,1H3. The van der Waals surface area contributed by atoms with Gasteiger partial charge in [-0.05, 0) is 36.2 Å². The second kappa shape index (κ2) is 16.5. The zero-order valence-corrected chi connectivity index (χ0v) is 21.4. The molecule has 0 saturated heterocycles. The molecule has 0 spiro atoms. The van der Waals surface area contributed by atoms with E-state index in [1.165, 1.54) is 51.4 Å². The Balaban J connectivity index is 1.67. The van der Waals surface area contributed by atoms with Crippen LogP contribution in [0, 0.1) is 0 Å². The first-order chi connectivity index (χ1) is 16.1. The van der Waals surface area contributed by atoms with Crippen LogP contribution in [0.3, 0.4) is 0 Å². The lowest BCUT2D eigenvalue weighted by molar-refractivity contribution is 0.0455. The molecule has 0 radical (unpaired) electrons. The average molecular weight is 518 g/mol. The molecule has 0 aromatic heterocycles. The number of unbranched alkanes of at least 4 members (excludes halogenated alkanes) is 9. The molecule has 0 fully saturated rings. The molecule has 180 valence electrons. The van der Waals surface area contributed by atoms with Gasteiger partial charge in [-0.15, -0.1) is 0 Å². The van der Waals surface area contributed by atoms with Crippen molar-refractivity contribution in [2.75, 3.05) is 13.2 Å². The third kappa shape index (κ3) is 11.0. The van der Waals surface area contributed by atoms with E-state index in [0.29, 0.717) is 13.0 Å². The Labute approximate surface area is 207 Å². The molecular formula is C28H37BrO4. The average Bonchev–Trinajstić information content (AvgIpc) is 2.82. The van der Waals surface area contributed by atoms with Crippen LogP contribution in [0.5, 0.6) is 0 Å². The zero-order valence-electron chi connectivity index (χ0n) is 19.8. The molecule has 0 unspecified atom stereocenters. The van der Waals surface area contributed by atoms with E-state index in [1.54, 1.807) is 24.3 Å². The summed E-state index contributed by atoms with van der Waals surface area (Å²) in [6.45, 7) is 2.86. The third-order valence-corrected chi connectivity index (χ3v) is 6.10. The highest BCUT2D eigenvalue weighted by Gasteiger charge is 2.18. The fraction of sp³-hybridized carbons (Fsp3) is 0.500. The van der Waals surface area contributed by atoms with Crippen LogP contribution in [-0.2, 0) is 15.9 Å². The Morgan fingerprint density at radius 1 is 0.697 bits per heavy atom. The largest absolute Gasteiger partial charge is 0.462 e. The number of esters is 2. The van der Waals surface area contributed by atoms with Crippen molar-refractivity contribution in [3.05, 3.63) is 69.7 Å². The quantitative estimate of drug-likeness (QED) is 0.168. The molecule has 0 heterocycles. The zero-order chi connectivity index (χ0) is 23.7. The molecule has 5 heteroatoms. The summed E-state index contributed by atoms with van der Waals surface area (Å²) < 4.78 is 11.8. The van der Waals surface area contributed by atoms with E-state index in [2.05, 4.69) is 22.9 Å². The van der Waals surface area contributed by atoms with Crippen molar-refractivity contribution >= 4 is 27.9 Å². The van der Waals surface area contributed by atoms with Gasteiger partial charge in [0.25, 0.3) is 0 Å². The van der Waals surface area contributed by atoms with Crippen molar-refractivity contribution in [2.45, 2.75) is 77.6 Å².